The van der Waals surface area contributed by atoms with Crippen LogP contribution in [0, 0.1) is 0 Å². The molecule has 0 radical (unpaired) electrons. The highest BCUT2D eigenvalue weighted by atomic mass is 16.5. The van der Waals surface area contributed by atoms with Gasteiger partial charge >= 0.3 is 5.97 Å². The number of anilines is 1. The van der Waals surface area contributed by atoms with Gasteiger partial charge in [-0.1, -0.05) is 13.0 Å². The van der Waals surface area contributed by atoms with E-state index in [0.717, 1.165) is 24.4 Å². The van der Waals surface area contributed by atoms with Crippen molar-refractivity contribution >= 4 is 17.4 Å². The van der Waals surface area contributed by atoms with Crippen molar-refractivity contribution in [1.29, 1.82) is 0 Å². The Morgan fingerprint density at radius 3 is 3.06 bits per heavy atom. The second kappa shape index (κ2) is 5.53. The number of nitrogens with zero attached hydrogens (tertiary/aromatic N) is 3. The molecule has 0 bridgehead atoms. The van der Waals surface area contributed by atoms with Gasteiger partial charge in [-0.05, 0) is 18.6 Å². The number of carbonyl (C=O) groups excluding carboxylic acids is 1. The van der Waals surface area contributed by atoms with E-state index in [4.69, 9.17) is 4.74 Å². The highest BCUT2D eigenvalue weighted by Crippen LogP contribution is 2.16. The lowest BCUT2D eigenvalue weighted by Crippen LogP contribution is -2.32. The van der Waals surface area contributed by atoms with E-state index < -0.39 is 0 Å². The average Bonchev–Trinajstić information content (AvgIpc) is 2.86. The number of hydrogen-bond acceptors (Lipinski definition) is 4. The van der Waals surface area contributed by atoms with Crippen LogP contribution >= 0.6 is 0 Å². The standard InChI is InChI=1S/C13H17N3O2/c1-3-8-15(10-13(17)18-2)12-6-4-5-11-14-7-9-16(11)12/h4-7,9H,3,8,10H2,1-2H3. The van der Waals surface area contributed by atoms with E-state index in [9.17, 15) is 4.79 Å². The fourth-order valence-corrected chi connectivity index (χ4v) is 1.96. The monoisotopic (exact) mass is 247 g/mol. The molecule has 96 valence electrons. The molecule has 0 aliphatic rings. The predicted octanol–water partition coefficient (Wildman–Crippen LogP) is 1.72. The lowest BCUT2D eigenvalue weighted by molar-refractivity contribution is -0.138. The lowest BCUT2D eigenvalue weighted by Gasteiger charge is -2.23. The van der Waals surface area contributed by atoms with Crippen LogP contribution in [0.25, 0.3) is 5.65 Å². The first-order valence-electron chi connectivity index (χ1n) is 6.00. The van der Waals surface area contributed by atoms with Crippen molar-refractivity contribution in [2.45, 2.75) is 13.3 Å². The van der Waals surface area contributed by atoms with E-state index in [-0.39, 0.29) is 12.5 Å². The molecule has 2 heterocycles. The summed E-state index contributed by atoms with van der Waals surface area (Å²) in [5.74, 6) is 0.720. The number of pyridine rings is 1. The zero-order valence-corrected chi connectivity index (χ0v) is 10.7. The first-order chi connectivity index (χ1) is 8.76. The van der Waals surface area contributed by atoms with Crippen molar-refractivity contribution in [3.63, 3.8) is 0 Å². The topological polar surface area (TPSA) is 46.8 Å². The molecule has 2 rings (SSSR count). The molecule has 5 nitrogen and oxygen atoms in total. The van der Waals surface area contributed by atoms with E-state index in [0.29, 0.717) is 0 Å². The Labute approximate surface area is 106 Å². The fraction of sp³-hybridized carbons (Fsp3) is 0.385. The van der Waals surface area contributed by atoms with Gasteiger partial charge < -0.3 is 9.64 Å². The van der Waals surface area contributed by atoms with Crippen molar-refractivity contribution in [1.82, 2.24) is 9.38 Å². The molecular formula is C13H17N3O2. The van der Waals surface area contributed by atoms with Crippen LogP contribution in [0.5, 0.6) is 0 Å². The van der Waals surface area contributed by atoms with Gasteiger partial charge in [0.05, 0.1) is 7.11 Å². The molecule has 18 heavy (non-hydrogen) atoms. The van der Waals surface area contributed by atoms with E-state index in [1.807, 2.05) is 33.7 Å². The number of carbonyl (C=O) groups is 1. The van der Waals surface area contributed by atoms with E-state index in [2.05, 4.69) is 11.9 Å². The van der Waals surface area contributed by atoms with Gasteiger partial charge in [0, 0.05) is 18.9 Å². The number of hydrogen-bond donors (Lipinski definition) is 0. The molecular weight excluding hydrogens is 230 g/mol. The van der Waals surface area contributed by atoms with Crippen LogP contribution in [0.2, 0.25) is 0 Å². The lowest BCUT2D eigenvalue weighted by atomic mass is 10.3. The highest BCUT2D eigenvalue weighted by molar-refractivity contribution is 5.75. The second-order valence-electron chi connectivity index (χ2n) is 4.04. The van der Waals surface area contributed by atoms with E-state index >= 15 is 0 Å². The Bertz CT molecular complexity index is 536. The molecule has 0 N–H and O–H groups in total. The number of ether oxygens (including phenoxy) is 1. The van der Waals surface area contributed by atoms with Gasteiger partial charge in [-0.25, -0.2) is 4.98 Å². The van der Waals surface area contributed by atoms with Gasteiger partial charge in [0.25, 0.3) is 0 Å². The molecule has 0 aliphatic carbocycles. The van der Waals surface area contributed by atoms with Crippen LogP contribution in [0.4, 0.5) is 5.82 Å². The minimum atomic E-state index is -0.236. The van der Waals surface area contributed by atoms with Gasteiger partial charge in [0.1, 0.15) is 18.0 Å². The Morgan fingerprint density at radius 2 is 2.33 bits per heavy atom. The summed E-state index contributed by atoms with van der Waals surface area (Å²) in [7, 11) is 1.41. The number of esters is 1. The molecule has 0 saturated carbocycles. The molecule has 0 saturated heterocycles. The van der Waals surface area contributed by atoms with Gasteiger partial charge in [-0.15, -0.1) is 0 Å². The zero-order chi connectivity index (χ0) is 13.0. The van der Waals surface area contributed by atoms with Gasteiger partial charge in [-0.3, -0.25) is 9.20 Å². The second-order valence-corrected chi connectivity index (χ2v) is 4.04. The van der Waals surface area contributed by atoms with Crippen molar-refractivity contribution in [2.24, 2.45) is 0 Å². The SMILES string of the molecule is CCCN(CC(=O)OC)c1cccc2nccn12. The van der Waals surface area contributed by atoms with Crippen molar-refractivity contribution in [2.75, 3.05) is 25.1 Å². The van der Waals surface area contributed by atoms with Crippen LogP contribution in [-0.4, -0.2) is 35.6 Å². The summed E-state index contributed by atoms with van der Waals surface area (Å²) in [5, 5.41) is 0. The van der Waals surface area contributed by atoms with E-state index in [1.54, 1.807) is 6.20 Å². The average molecular weight is 247 g/mol. The van der Waals surface area contributed by atoms with Crippen LogP contribution in [0.15, 0.2) is 30.6 Å². The summed E-state index contributed by atoms with van der Waals surface area (Å²) < 4.78 is 6.71. The number of rotatable bonds is 5. The molecule has 5 heteroatoms. The summed E-state index contributed by atoms with van der Waals surface area (Å²) in [4.78, 5) is 17.7. The molecule has 0 unspecified atom stereocenters. The highest BCUT2D eigenvalue weighted by Gasteiger charge is 2.13. The number of fused-ring (bicyclic) bond motifs is 1. The summed E-state index contributed by atoms with van der Waals surface area (Å²) in [6.07, 6.45) is 4.60. The predicted molar refractivity (Wildman–Crippen MR) is 69.7 cm³/mol. The maximum absolute atomic E-state index is 11.5. The molecule has 0 aromatic carbocycles. The molecule has 0 spiro atoms. The Hall–Kier alpha value is -2.04. The van der Waals surface area contributed by atoms with Crippen molar-refractivity contribution < 1.29 is 9.53 Å². The summed E-state index contributed by atoms with van der Waals surface area (Å²) in [5.41, 5.74) is 0.874. The Kier molecular flexibility index (Phi) is 3.82. The third kappa shape index (κ3) is 2.45. The largest absolute Gasteiger partial charge is 0.468 e. The number of methoxy groups -OCH3 is 1. The molecule has 0 fully saturated rings. The minimum absolute atomic E-state index is 0.236. The summed E-state index contributed by atoms with van der Waals surface area (Å²) in [6, 6.07) is 5.86. The van der Waals surface area contributed by atoms with Crippen molar-refractivity contribution in [3.05, 3.63) is 30.6 Å². The number of aromatic nitrogens is 2. The van der Waals surface area contributed by atoms with Gasteiger partial charge in [-0.2, -0.15) is 0 Å². The van der Waals surface area contributed by atoms with E-state index in [1.165, 1.54) is 7.11 Å². The zero-order valence-electron chi connectivity index (χ0n) is 10.7. The molecule has 0 aliphatic heterocycles. The third-order valence-electron chi connectivity index (χ3n) is 2.77. The molecule has 2 aromatic rings. The minimum Gasteiger partial charge on any atom is -0.468 e. The third-order valence-corrected chi connectivity index (χ3v) is 2.77. The van der Waals surface area contributed by atoms with Gasteiger partial charge in [0.2, 0.25) is 0 Å². The Balaban J connectivity index is 2.34. The maximum Gasteiger partial charge on any atom is 0.325 e. The fourth-order valence-electron chi connectivity index (χ4n) is 1.96. The van der Waals surface area contributed by atoms with Crippen LogP contribution in [0.3, 0.4) is 0 Å². The first kappa shape index (κ1) is 12.4. The molecule has 2 aromatic heterocycles. The maximum atomic E-state index is 11.5. The molecule has 0 atom stereocenters. The normalized spacial score (nSPS) is 10.6. The smallest absolute Gasteiger partial charge is 0.325 e. The van der Waals surface area contributed by atoms with Crippen LogP contribution in [0.1, 0.15) is 13.3 Å². The number of imidazole rings is 1. The summed E-state index contributed by atoms with van der Waals surface area (Å²) in [6.45, 7) is 3.13. The quantitative estimate of drug-likeness (QED) is 0.755. The van der Waals surface area contributed by atoms with Crippen molar-refractivity contribution in [3.8, 4) is 0 Å². The molecule has 0 amide bonds. The van der Waals surface area contributed by atoms with Crippen LogP contribution in [-0.2, 0) is 9.53 Å². The Morgan fingerprint density at radius 1 is 1.50 bits per heavy atom. The van der Waals surface area contributed by atoms with Gasteiger partial charge in [0.15, 0.2) is 0 Å². The van der Waals surface area contributed by atoms with Crippen LogP contribution < -0.4 is 4.90 Å². The summed E-state index contributed by atoms with van der Waals surface area (Å²) >= 11 is 0. The first-order valence-corrected chi connectivity index (χ1v) is 6.00.